The molecule has 0 bridgehead atoms. The number of rotatable bonds is 4. The number of hydrogen-bond donors (Lipinski definition) is 0. The Morgan fingerprint density at radius 3 is 2.44 bits per heavy atom. The molecule has 0 aliphatic heterocycles. The minimum atomic E-state index is -0.181. The van der Waals surface area contributed by atoms with Crippen LogP contribution in [0.15, 0.2) is 58.5 Å². The molecule has 0 radical (unpaired) electrons. The Kier molecular flexibility index (Phi) is 4.04. The van der Waals surface area contributed by atoms with E-state index in [1.165, 1.54) is 0 Å². The maximum atomic E-state index is 13.0. The van der Waals surface area contributed by atoms with Crippen LogP contribution >= 0.6 is 0 Å². The Hall–Kier alpha value is -3.40. The summed E-state index contributed by atoms with van der Waals surface area (Å²) in [6.45, 7) is 3.75. The van der Waals surface area contributed by atoms with Crippen molar-refractivity contribution in [2.45, 2.75) is 13.8 Å². The number of aryl methyl sites for hydroxylation is 2. The minimum Gasteiger partial charge on any atom is -0.455 e. The van der Waals surface area contributed by atoms with Gasteiger partial charge >= 0.3 is 0 Å². The van der Waals surface area contributed by atoms with E-state index in [-0.39, 0.29) is 5.78 Å². The van der Waals surface area contributed by atoms with Gasteiger partial charge in [-0.15, -0.1) is 0 Å². The quantitative estimate of drug-likeness (QED) is 0.282. The summed E-state index contributed by atoms with van der Waals surface area (Å²) < 4.78 is 7.88. The average molecular weight is 357 g/mol. The lowest BCUT2D eigenvalue weighted by molar-refractivity contribution is 0.102. The lowest BCUT2D eigenvalue weighted by Crippen LogP contribution is -2.05. The molecule has 4 aromatic rings. The first-order valence-corrected chi connectivity index (χ1v) is 8.75. The number of allylic oxidation sites excluding steroid dienone is 1. The zero-order valence-corrected chi connectivity index (χ0v) is 15.4. The molecule has 0 saturated carbocycles. The molecule has 0 saturated heterocycles. The Labute approximate surface area is 156 Å². The molecule has 2 aromatic heterocycles. The smallest absolute Gasteiger partial charge is 0.189 e. The number of aldehydes is 1. The van der Waals surface area contributed by atoms with Crippen LogP contribution in [0, 0.1) is 6.92 Å². The maximum absolute atomic E-state index is 13.0. The monoisotopic (exact) mass is 357 g/mol. The van der Waals surface area contributed by atoms with Gasteiger partial charge < -0.3 is 8.98 Å². The van der Waals surface area contributed by atoms with Crippen molar-refractivity contribution in [1.82, 2.24) is 4.57 Å². The van der Waals surface area contributed by atoms with Crippen molar-refractivity contribution in [1.29, 1.82) is 0 Å². The lowest BCUT2D eigenvalue weighted by Gasteiger charge is -2.07. The summed E-state index contributed by atoms with van der Waals surface area (Å²) in [5.74, 6) is 0.439. The molecule has 4 heteroatoms. The van der Waals surface area contributed by atoms with Gasteiger partial charge in [0.15, 0.2) is 17.7 Å². The Morgan fingerprint density at radius 2 is 1.78 bits per heavy atom. The van der Waals surface area contributed by atoms with Crippen LogP contribution in [0.3, 0.4) is 0 Å². The van der Waals surface area contributed by atoms with Crippen LogP contribution in [0.4, 0.5) is 0 Å². The number of Topliss-reactive ketones (excluding diaryl/α,β-unsaturated/α-hetero) is 1. The van der Waals surface area contributed by atoms with Gasteiger partial charge in [0.25, 0.3) is 0 Å². The molecule has 0 fully saturated rings. The SMILES string of the molecule is C/C(=C\c1cc2c(cc(C)n2C)o1)C(=O)c1cc2ccccc2cc1C=O. The van der Waals surface area contributed by atoms with Gasteiger partial charge in [0, 0.05) is 41.6 Å². The minimum absolute atomic E-state index is 0.181. The second-order valence-electron chi connectivity index (χ2n) is 6.80. The predicted octanol–water partition coefficient (Wildman–Crippen LogP) is 5.33. The molecule has 0 N–H and O–H groups in total. The molecule has 4 rings (SSSR count). The molecule has 0 unspecified atom stereocenters. The fraction of sp³-hybridized carbons (Fsp3) is 0.130. The number of hydrogen-bond acceptors (Lipinski definition) is 3. The Morgan fingerprint density at radius 1 is 1.07 bits per heavy atom. The zero-order chi connectivity index (χ0) is 19.1. The van der Waals surface area contributed by atoms with Crippen molar-refractivity contribution in [3.63, 3.8) is 0 Å². The second-order valence-corrected chi connectivity index (χ2v) is 6.80. The van der Waals surface area contributed by atoms with E-state index < -0.39 is 0 Å². The highest BCUT2D eigenvalue weighted by atomic mass is 16.3. The molecular weight excluding hydrogens is 338 g/mol. The number of carbonyl (C=O) groups excluding carboxylic acids is 2. The largest absolute Gasteiger partial charge is 0.455 e. The van der Waals surface area contributed by atoms with E-state index in [9.17, 15) is 9.59 Å². The van der Waals surface area contributed by atoms with Crippen LogP contribution in [0.5, 0.6) is 0 Å². The van der Waals surface area contributed by atoms with E-state index in [1.807, 2.05) is 54.9 Å². The number of fused-ring (bicyclic) bond motifs is 2. The van der Waals surface area contributed by atoms with Crippen LogP contribution in [-0.4, -0.2) is 16.6 Å². The molecule has 0 aliphatic carbocycles. The van der Waals surface area contributed by atoms with Crippen LogP contribution in [0.25, 0.3) is 27.9 Å². The van der Waals surface area contributed by atoms with Crippen molar-refractivity contribution in [3.05, 3.63) is 76.7 Å². The topological polar surface area (TPSA) is 52.2 Å². The van der Waals surface area contributed by atoms with Crippen molar-refractivity contribution >= 4 is 40.0 Å². The normalized spacial score (nSPS) is 12.0. The number of benzene rings is 2. The molecular formula is C23H19NO3. The van der Waals surface area contributed by atoms with E-state index in [2.05, 4.69) is 0 Å². The lowest BCUT2D eigenvalue weighted by atomic mass is 9.95. The number of ketones is 1. The van der Waals surface area contributed by atoms with Crippen molar-refractivity contribution in [3.8, 4) is 0 Å². The highest BCUT2D eigenvalue weighted by Crippen LogP contribution is 2.26. The number of nitrogens with zero attached hydrogens (tertiary/aromatic N) is 1. The molecule has 0 aliphatic rings. The van der Waals surface area contributed by atoms with E-state index in [0.29, 0.717) is 22.5 Å². The summed E-state index contributed by atoms with van der Waals surface area (Å²) in [4.78, 5) is 24.5. The molecule has 0 spiro atoms. The molecule has 134 valence electrons. The first kappa shape index (κ1) is 17.0. The third kappa shape index (κ3) is 2.89. The predicted molar refractivity (Wildman–Crippen MR) is 107 cm³/mol. The zero-order valence-electron chi connectivity index (χ0n) is 15.4. The third-order valence-electron chi connectivity index (χ3n) is 5.00. The number of aromatic nitrogens is 1. The fourth-order valence-electron chi connectivity index (χ4n) is 3.37. The molecule has 2 heterocycles. The molecule has 0 amide bonds. The van der Waals surface area contributed by atoms with Gasteiger partial charge in [0.2, 0.25) is 0 Å². The molecule has 2 aromatic carbocycles. The van der Waals surface area contributed by atoms with Crippen LogP contribution < -0.4 is 0 Å². The third-order valence-corrected chi connectivity index (χ3v) is 5.00. The van der Waals surface area contributed by atoms with Crippen molar-refractivity contribution in [2.75, 3.05) is 0 Å². The van der Waals surface area contributed by atoms with E-state index in [4.69, 9.17) is 4.42 Å². The Bertz CT molecular complexity index is 1240. The van der Waals surface area contributed by atoms with Gasteiger partial charge in [-0.3, -0.25) is 9.59 Å². The van der Waals surface area contributed by atoms with E-state index >= 15 is 0 Å². The van der Waals surface area contributed by atoms with Gasteiger partial charge in [0.1, 0.15) is 5.76 Å². The summed E-state index contributed by atoms with van der Waals surface area (Å²) in [6.07, 6.45) is 2.46. The summed E-state index contributed by atoms with van der Waals surface area (Å²) in [5.41, 5.74) is 4.21. The fourth-order valence-corrected chi connectivity index (χ4v) is 3.37. The first-order chi connectivity index (χ1) is 13.0. The standard InChI is InChI=1S/C23H19NO3/c1-14(8-19-12-21-22(27-19)9-15(2)24(21)3)23(26)20-11-17-7-5-4-6-16(17)10-18(20)13-25/h4-13H,1-3H3/b14-8+. The van der Waals surface area contributed by atoms with Crippen molar-refractivity contribution in [2.24, 2.45) is 7.05 Å². The first-order valence-electron chi connectivity index (χ1n) is 8.75. The van der Waals surface area contributed by atoms with Crippen LogP contribution in [0.1, 0.15) is 39.1 Å². The molecule has 27 heavy (non-hydrogen) atoms. The molecule has 0 atom stereocenters. The van der Waals surface area contributed by atoms with Crippen molar-refractivity contribution < 1.29 is 14.0 Å². The second kappa shape index (κ2) is 6.40. The number of furan rings is 1. The van der Waals surface area contributed by atoms with Gasteiger partial charge in [-0.1, -0.05) is 24.3 Å². The summed E-state index contributed by atoms with van der Waals surface area (Å²) in [6, 6.07) is 15.1. The van der Waals surface area contributed by atoms with Gasteiger partial charge in [-0.25, -0.2) is 0 Å². The highest BCUT2D eigenvalue weighted by molar-refractivity contribution is 6.16. The van der Waals surface area contributed by atoms with E-state index in [0.717, 1.165) is 33.9 Å². The van der Waals surface area contributed by atoms with Gasteiger partial charge in [0.05, 0.1) is 5.52 Å². The summed E-state index contributed by atoms with van der Waals surface area (Å²) in [5, 5.41) is 1.86. The number of carbonyl (C=O) groups is 2. The van der Waals surface area contributed by atoms with E-state index in [1.54, 1.807) is 25.1 Å². The Balaban J connectivity index is 1.75. The van der Waals surface area contributed by atoms with Crippen LogP contribution in [0.2, 0.25) is 0 Å². The van der Waals surface area contributed by atoms with Crippen LogP contribution in [-0.2, 0) is 7.05 Å². The van der Waals surface area contributed by atoms with Gasteiger partial charge in [-0.05, 0) is 42.8 Å². The maximum Gasteiger partial charge on any atom is 0.189 e. The van der Waals surface area contributed by atoms with Gasteiger partial charge in [-0.2, -0.15) is 0 Å². The average Bonchev–Trinajstić information content (AvgIpc) is 3.18. The summed E-state index contributed by atoms with van der Waals surface area (Å²) in [7, 11) is 1.98. The molecule has 4 nitrogen and oxygen atoms in total. The summed E-state index contributed by atoms with van der Waals surface area (Å²) >= 11 is 0. The highest BCUT2D eigenvalue weighted by Gasteiger charge is 2.16.